The summed E-state index contributed by atoms with van der Waals surface area (Å²) in [4.78, 5) is 0. The molecule has 0 bridgehead atoms. The lowest BCUT2D eigenvalue weighted by Crippen LogP contribution is -2.20. The van der Waals surface area contributed by atoms with Gasteiger partial charge in [-0.2, -0.15) is 0 Å². The van der Waals surface area contributed by atoms with Crippen molar-refractivity contribution >= 4 is 0 Å². The molecule has 1 aromatic carbocycles. The third-order valence-corrected chi connectivity index (χ3v) is 2.15. The van der Waals surface area contributed by atoms with Crippen molar-refractivity contribution in [3.8, 4) is 5.75 Å². The maximum Gasteiger partial charge on any atom is 0.131 e. The Balaban J connectivity index is 2.66. The van der Waals surface area contributed by atoms with Crippen molar-refractivity contribution in [3.05, 3.63) is 29.6 Å². The van der Waals surface area contributed by atoms with Gasteiger partial charge in [-0.1, -0.05) is 19.9 Å². The Bertz CT molecular complexity index is 312. The molecule has 0 unspecified atom stereocenters. The third-order valence-electron chi connectivity index (χ3n) is 2.15. The number of halogens is 1. The highest BCUT2D eigenvalue weighted by Gasteiger charge is 2.08. The lowest BCUT2D eigenvalue weighted by Gasteiger charge is -2.11. The molecule has 0 aliphatic rings. The third kappa shape index (κ3) is 3.51. The van der Waals surface area contributed by atoms with Crippen LogP contribution in [0.5, 0.6) is 5.75 Å². The van der Waals surface area contributed by atoms with E-state index in [-0.39, 0.29) is 5.82 Å². The highest BCUT2D eigenvalue weighted by Crippen LogP contribution is 2.20. The summed E-state index contributed by atoms with van der Waals surface area (Å²) in [6.45, 7) is 5.61. The van der Waals surface area contributed by atoms with Gasteiger partial charge in [-0.05, 0) is 24.6 Å². The SMILES string of the molecule is COc1cccc(F)c1CNCC(C)C. The molecule has 0 atom stereocenters. The molecule has 0 aliphatic heterocycles. The Morgan fingerprint density at radius 3 is 2.73 bits per heavy atom. The molecule has 0 saturated carbocycles. The molecule has 1 N–H and O–H groups in total. The number of ether oxygens (including phenoxy) is 1. The topological polar surface area (TPSA) is 21.3 Å². The van der Waals surface area contributed by atoms with Crippen LogP contribution in [0.2, 0.25) is 0 Å². The maximum atomic E-state index is 13.4. The lowest BCUT2D eigenvalue weighted by molar-refractivity contribution is 0.400. The first-order chi connectivity index (χ1) is 7.15. The van der Waals surface area contributed by atoms with Gasteiger partial charge in [0.2, 0.25) is 0 Å². The fourth-order valence-corrected chi connectivity index (χ4v) is 1.39. The van der Waals surface area contributed by atoms with Crippen molar-refractivity contribution in [1.82, 2.24) is 5.32 Å². The van der Waals surface area contributed by atoms with Crippen LogP contribution in [-0.2, 0) is 6.54 Å². The standard InChI is InChI=1S/C12H18FNO/c1-9(2)7-14-8-10-11(13)5-4-6-12(10)15-3/h4-6,9,14H,7-8H2,1-3H3. The quantitative estimate of drug-likeness (QED) is 0.808. The minimum atomic E-state index is -0.217. The van der Waals surface area contributed by atoms with E-state index in [1.54, 1.807) is 19.2 Å². The first-order valence-corrected chi connectivity index (χ1v) is 5.17. The zero-order valence-corrected chi connectivity index (χ0v) is 9.51. The molecular formula is C12H18FNO. The van der Waals surface area contributed by atoms with Crippen molar-refractivity contribution in [1.29, 1.82) is 0 Å². The smallest absolute Gasteiger partial charge is 0.131 e. The Morgan fingerprint density at radius 2 is 2.13 bits per heavy atom. The van der Waals surface area contributed by atoms with Crippen molar-refractivity contribution in [2.75, 3.05) is 13.7 Å². The van der Waals surface area contributed by atoms with Crippen LogP contribution >= 0.6 is 0 Å². The predicted molar refractivity (Wildman–Crippen MR) is 59.5 cm³/mol. The van der Waals surface area contributed by atoms with Crippen LogP contribution in [0.1, 0.15) is 19.4 Å². The lowest BCUT2D eigenvalue weighted by atomic mass is 10.1. The minimum Gasteiger partial charge on any atom is -0.496 e. The summed E-state index contributed by atoms with van der Waals surface area (Å²) in [7, 11) is 1.56. The average Bonchev–Trinajstić information content (AvgIpc) is 2.20. The second-order valence-corrected chi connectivity index (χ2v) is 3.95. The summed E-state index contributed by atoms with van der Waals surface area (Å²) in [6.07, 6.45) is 0. The van der Waals surface area contributed by atoms with Crippen LogP contribution in [-0.4, -0.2) is 13.7 Å². The second-order valence-electron chi connectivity index (χ2n) is 3.95. The number of hydrogen-bond acceptors (Lipinski definition) is 2. The van der Waals surface area contributed by atoms with Crippen LogP contribution in [0.15, 0.2) is 18.2 Å². The average molecular weight is 211 g/mol. The van der Waals surface area contributed by atoms with E-state index >= 15 is 0 Å². The molecule has 2 nitrogen and oxygen atoms in total. The largest absolute Gasteiger partial charge is 0.496 e. The molecule has 0 saturated heterocycles. The van der Waals surface area contributed by atoms with Crippen molar-refractivity contribution in [2.24, 2.45) is 5.92 Å². The summed E-state index contributed by atoms with van der Waals surface area (Å²) < 4.78 is 18.5. The van der Waals surface area contributed by atoms with Crippen LogP contribution in [0.3, 0.4) is 0 Å². The highest BCUT2D eigenvalue weighted by atomic mass is 19.1. The molecule has 0 radical (unpaired) electrons. The summed E-state index contributed by atoms with van der Waals surface area (Å²) in [6, 6.07) is 4.88. The van der Waals surface area contributed by atoms with E-state index in [2.05, 4.69) is 19.2 Å². The van der Waals surface area contributed by atoms with Gasteiger partial charge in [0.15, 0.2) is 0 Å². The Hall–Kier alpha value is -1.09. The fraction of sp³-hybridized carbons (Fsp3) is 0.500. The molecule has 84 valence electrons. The van der Waals surface area contributed by atoms with Gasteiger partial charge < -0.3 is 10.1 Å². The molecule has 0 fully saturated rings. The van der Waals surface area contributed by atoms with Crippen LogP contribution in [0, 0.1) is 11.7 Å². The number of benzene rings is 1. The second kappa shape index (κ2) is 5.71. The molecule has 3 heteroatoms. The summed E-state index contributed by atoms with van der Waals surface area (Å²) >= 11 is 0. The van der Waals surface area contributed by atoms with Gasteiger partial charge in [-0.25, -0.2) is 4.39 Å². The van der Waals surface area contributed by atoms with Crippen molar-refractivity contribution in [2.45, 2.75) is 20.4 Å². The van der Waals surface area contributed by atoms with Gasteiger partial charge in [-0.15, -0.1) is 0 Å². The monoisotopic (exact) mass is 211 g/mol. The molecule has 15 heavy (non-hydrogen) atoms. The van der Waals surface area contributed by atoms with Crippen molar-refractivity contribution in [3.63, 3.8) is 0 Å². The Morgan fingerprint density at radius 1 is 1.40 bits per heavy atom. The number of nitrogens with one attached hydrogen (secondary N) is 1. The van der Waals surface area contributed by atoms with Crippen LogP contribution in [0.4, 0.5) is 4.39 Å². The van der Waals surface area contributed by atoms with Gasteiger partial charge in [-0.3, -0.25) is 0 Å². The summed E-state index contributed by atoms with van der Waals surface area (Å²) in [5.74, 6) is 0.944. The highest BCUT2D eigenvalue weighted by molar-refractivity contribution is 5.34. The van der Waals surface area contributed by atoms with E-state index in [0.717, 1.165) is 6.54 Å². The van der Waals surface area contributed by atoms with Crippen LogP contribution < -0.4 is 10.1 Å². The number of rotatable bonds is 5. The molecule has 0 aliphatic carbocycles. The summed E-state index contributed by atoms with van der Waals surface area (Å²) in [5.41, 5.74) is 0.598. The molecule has 1 aromatic rings. The van der Waals surface area contributed by atoms with Crippen LogP contribution in [0.25, 0.3) is 0 Å². The van der Waals surface area contributed by atoms with E-state index in [4.69, 9.17) is 4.74 Å². The van der Waals surface area contributed by atoms with E-state index in [0.29, 0.717) is 23.8 Å². The Kier molecular flexibility index (Phi) is 4.56. The van der Waals surface area contributed by atoms with E-state index in [1.165, 1.54) is 6.07 Å². The minimum absolute atomic E-state index is 0.217. The maximum absolute atomic E-state index is 13.4. The molecule has 0 heterocycles. The van der Waals surface area contributed by atoms with E-state index in [1.807, 2.05) is 0 Å². The zero-order valence-electron chi connectivity index (χ0n) is 9.51. The van der Waals surface area contributed by atoms with Gasteiger partial charge >= 0.3 is 0 Å². The molecule has 0 aromatic heterocycles. The van der Waals surface area contributed by atoms with Gasteiger partial charge in [0.05, 0.1) is 7.11 Å². The molecule has 0 amide bonds. The fourth-order valence-electron chi connectivity index (χ4n) is 1.39. The predicted octanol–water partition coefficient (Wildman–Crippen LogP) is 2.58. The molecule has 0 spiro atoms. The van der Waals surface area contributed by atoms with Gasteiger partial charge in [0, 0.05) is 12.1 Å². The van der Waals surface area contributed by atoms with Gasteiger partial charge in [0.1, 0.15) is 11.6 Å². The normalized spacial score (nSPS) is 10.7. The molecular weight excluding hydrogens is 193 g/mol. The Labute approximate surface area is 90.4 Å². The molecule has 1 rings (SSSR count). The summed E-state index contributed by atoms with van der Waals surface area (Å²) in [5, 5.41) is 3.20. The first-order valence-electron chi connectivity index (χ1n) is 5.17. The van der Waals surface area contributed by atoms with Gasteiger partial charge in [0.25, 0.3) is 0 Å². The number of hydrogen-bond donors (Lipinski definition) is 1. The van der Waals surface area contributed by atoms with E-state index in [9.17, 15) is 4.39 Å². The zero-order chi connectivity index (χ0) is 11.3. The first kappa shape index (κ1) is 12.0. The van der Waals surface area contributed by atoms with E-state index < -0.39 is 0 Å². The number of methoxy groups -OCH3 is 1. The van der Waals surface area contributed by atoms with Crippen molar-refractivity contribution < 1.29 is 9.13 Å².